The summed E-state index contributed by atoms with van der Waals surface area (Å²) < 4.78 is 1.05. The molecule has 2 aromatic carbocycles. The Hall–Kier alpha value is -3.50. The first-order chi connectivity index (χ1) is 16.7. The molecule has 0 aromatic heterocycles. The van der Waals surface area contributed by atoms with Crippen molar-refractivity contribution in [2.24, 2.45) is 0 Å². The maximum atomic E-state index is 14.1. The molecule has 0 unspecified atom stereocenters. The van der Waals surface area contributed by atoms with Gasteiger partial charge < -0.3 is 10.3 Å². The van der Waals surface area contributed by atoms with Crippen LogP contribution in [0.25, 0.3) is 11.4 Å². The van der Waals surface area contributed by atoms with E-state index in [0.717, 1.165) is 83.5 Å². The Labute approximate surface area is 200 Å². The number of nitroso groups, excluding NO2 is 1. The van der Waals surface area contributed by atoms with Gasteiger partial charge in [0.1, 0.15) is 5.70 Å². The first kappa shape index (κ1) is 21.1. The van der Waals surface area contributed by atoms with E-state index in [1.807, 2.05) is 60.7 Å². The van der Waals surface area contributed by atoms with Crippen LogP contribution in [0.3, 0.4) is 0 Å². The number of hydrogen-bond acceptors (Lipinski definition) is 3. The highest BCUT2D eigenvalue weighted by atomic mass is 16.5. The molecule has 0 spiro atoms. The molecule has 2 heterocycles. The van der Waals surface area contributed by atoms with Gasteiger partial charge in [-0.05, 0) is 91.9 Å². The summed E-state index contributed by atoms with van der Waals surface area (Å²) in [6, 6.07) is 19.7. The Kier molecular flexibility index (Phi) is 5.39. The van der Waals surface area contributed by atoms with Crippen LogP contribution in [0.4, 0.5) is 0 Å². The lowest BCUT2D eigenvalue weighted by atomic mass is 9.81. The van der Waals surface area contributed by atoms with E-state index in [0.29, 0.717) is 22.8 Å². The minimum atomic E-state index is 0.571. The molecule has 4 heteroatoms. The molecule has 0 atom stereocenters. The zero-order valence-corrected chi connectivity index (χ0v) is 19.3. The van der Waals surface area contributed by atoms with E-state index >= 15 is 0 Å². The van der Waals surface area contributed by atoms with Crippen LogP contribution in [0.5, 0.6) is 0 Å². The molecule has 2 aliphatic carbocycles. The van der Waals surface area contributed by atoms with Gasteiger partial charge in [-0.3, -0.25) is 0 Å². The minimum Gasteiger partial charge on any atom is -0.754 e. The van der Waals surface area contributed by atoms with Crippen molar-refractivity contribution < 1.29 is 4.76 Å². The Morgan fingerprint density at radius 2 is 1.24 bits per heavy atom. The van der Waals surface area contributed by atoms with E-state index in [4.69, 9.17) is 0 Å². The number of hydrogen-bond donors (Lipinski definition) is 0. The summed E-state index contributed by atoms with van der Waals surface area (Å²) in [5.74, 6) is 0. The molecule has 34 heavy (non-hydrogen) atoms. The molecule has 0 radical (unpaired) electrons. The summed E-state index contributed by atoms with van der Waals surface area (Å²) in [4.78, 5) is 14.1. The molecule has 0 N–H and O–H groups in total. The summed E-state index contributed by atoms with van der Waals surface area (Å²) in [5.41, 5.74) is 8.71. The lowest BCUT2D eigenvalue weighted by Gasteiger charge is -2.42. The maximum absolute atomic E-state index is 14.1. The fraction of sp³-hybridized carbons (Fsp3) is 0.267. The van der Waals surface area contributed by atoms with Gasteiger partial charge in [0.15, 0.2) is 0 Å². The quantitative estimate of drug-likeness (QED) is 0.444. The SMILES string of the molecule is O=[N+]1C(c2ccccc2)=CC2=C(CCCC2)C1=C1C2=C(C=C(c3ccccc3)N1[O-])CCCC2. The van der Waals surface area contributed by atoms with Gasteiger partial charge in [-0.2, -0.15) is 0 Å². The molecule has 6 rings (SSSR count). The van der Waals surface area contributed by atoms with E-state index in [-0.39, 0.29) is 0 Å². The molecule has 2 aliphatic heterocycles. The Morgan fingerprint density at radius 3 is 1.91 bits per heavy atom. The van der Waals surface area contributed by atoms with E-state index in [2.05, 4.69) is 12.2 Å². The lowest BCUT2D eigenvalue weighted by Crippen LogP contribution is -2.28. The van der Waals surface area contributed by atoms with Gasteiger partial charge in [0.2, 0.25) is 0 Å². The Morgan fingerprint density at radius 1 is 0.676 bits per heavy atom. The summed E-state index contributed by atoms with van der Waals surface area (Å²) in [6.07, 6.45) is 12.0. The average Bonchev–Trinajstić information content (AvgIpc) is 2.90. The Bertz CT molecular complexity index is 1310. The van der Waals surface area contributed by atoms with Crippen LogP contribution in [-0.4, -0.2) is 9.82 Å². The van der Waals surface area contributed by atoms with E-state index in [1.54, 1.807) is 0 Å². The van der Waals surface area contributed by atoms with Gasteiger partial charge in [-0.25, -0.2) is 0 Å². The Balaban J connectivity index is 1.59. The minimum absolute atomic E-state index is 0.571. The van der Waals surface area contributed by atoms with Gasteiger partial charge >= 0.3 is 0 Å². The number of rotatable bonds is 2. The number of nitrogens with zero attached hydrogens (tertiary/aromatic N) is 2. The van der Waals surface area contributed by atoms with Crippen LogP contribution in [-0.2, 0) is 0 Å². The highest BCUT2D eigenvalue weighted by Crippen LogP contribution is 2.47. The number of allylic oxidation sites excluding steroid dienone is 6. The summed E-state index contributed by atoms with van der Waals surface area (Å²) in [6.45, 7) is 0. The zero-order valence-electron chi connectivity index (χ0n) is 19.3. The van der Waals surface area contributed by atoms with Gasteiger partial charge in [-0.1, -0.05) is 48.5 Å². The van der Waals surface area contributed by atoms with Crippen molar-refractivity contribution in [3.63, 3.8) is 0 Å². The van der Waals surface area contributed by atoms with Gasteiger partial charge in [-0.15, -0.1) is 0 Å². The van der Waals surface area contributed by atoms with Crippen LogP contribution < -0.4 is 0 Å². The first-order valence-corrected chi connectivity index (χ1v) is 12.4. The van der Waals surface area contributed by atoms with Crippen molar-refractivity contribution in [3.05, 3.63) is 128 Å². The van der Waals surface area contributed by atoms with Crippen LogP contribution in [0.2, 0.25) is 0 Å². The molecule has 0 fully saturated rings. The largest absolute Gasteiger partial charge is 0.754 e. The first-order valence-electron chi connectivity index (χ1n) is 12.4. The number of benzene rings is 2. The molecule has 0 saturated heterocycles. The number of hydroxylamine groups is 2. The highest BCUT2D eigenvalue weighted by Gasteiger charge is 2.41. The van der Waals surface area contributed by atoms with Gasteiger partial charge in [0, 0.05) is 22.3 Å². The van der Waals surface area contributed by atoms with Gasteiger partial charge in [0.25, 0.3) is 11.4 Å². The van der Waals surface area contributed by atoms with Crippen LogP contribution in [0.1, 0.15) is 62.5 Å². The molecular formula is C30H28N2O2. The summed E-state index contributed by atoms with van der Waals surface area (Å²) >= 11 is 0. The third-order valence-corrected chi connectivity index (χ3v) is 7.42. The average molecular weight is 449 g/mol. The summed E-state index contributed by atoms with van der Waals surface area (Å²) in [5, 5.41) is 15.1. The highest BCUT2D eigenvalue weighted by molar-refractivity contribution is 5.75. The second-order valence-electron chi connectivity index (χ2n) is 9.50. The molecular weight excluding hydrogens is 420 g/mol. The van der Waals surface area contributed by atoms with E-state index < -0.39 is 0 Å². The van der Waals surface area contributed by atoms with Gasteiger partial charge in [0.05, 0.1) is 10.3 Å². The smallest absolute Gasteiger partial charge is 0.289 e. The molecule has 0 saturated carbocycles. The van der Waals surface area contributed by atoms with Crippen molar-refractivity contribution in [1.82, 2.24) is 5.06 Å². The van der Waals surface area contributed by atoms with Crippen molar-refractivity contribution in [2.75, 3.05) is 0 Å². The second-order valence-corrected chi connectivity index (χ2v) is 9.50. The van der Waals surface area contributed by atoms with Crippen molar-refractivity contribution in [3.8, 4) is 0 Å². The van der Waals surface area contributed by atoms with Crippen LogP contribution >= 0.6 is 0 Å². The molecule has 170 valence electrons. The monoisotopic (exact) mass is 448 g/mol. The van der Waals surface area contributed by atoms with E-state index in [1.165, 1.54) is 11.1 Å². The lowest BCUT2D eigenvalue weighted by molar-refractivity contribution is -0.397. The van der Waals surface area contributed by atoms with Crippen molar-refractivity contribution in [1.29, 1.82) is 0 Å². The van der Waals surface area contributed by atoms with Crippen LogP contribution in [0.15, 0.2) is 107 Å². The molecule has 0 amide bonds. The summed E-state index contributed by atoms with van der Waals surface area (Å²) in [7, 11) is 0. The second kappa shape index (κ2) is 8.69. The maximum Gasteiger partial charge on any atom is 0.289 e. The normalized spacial score (nSPS) is 22.9. The third-order valence-electron chi connectivity index (χ3n) is 7.42. The zero-order chi connectivity index (χ0) is 23.1. The van der Waals surface area contributed by atoms with Crippen molar-refractivity contribution in [2.45, 2.75) is 51.4 Å². The topological polar surface area (TPSA) is 46.4 Å². The molecule has 2 aromatic rings. The molecule has 4 nitrogen and oxygen atoms in total. The third kappa shape index (κ3) is 3.50. The van der Waals surface area contributed by atoms with Crippen molar-refractivity contribution >= 4 is 11.4 Å². The standard InChI is InChI=1S/C30H28N2O2/c33-31-27(21-11-3-1-4-12-21)19-23-15-7-9-17-25(23)29(31)30-26-18-10-8-16-24(26)20-28(32(30)34)22-13-5-2-6-14-22/h1-6,11-14,19-20H,7-10,15-18H2. The molecule has 0 bridgehead atoms. The van der Waals surface area contributed by atoms with Crippen LogP contribution in [0, 0.1) is 10.1 Å². The van der Waals surface area contributed by atoms with E-state index in [9.17, 15) is 10.1 Å². The molecule has 4 aliphatic rings. The predicted octanol–water partition coefficient (Wildman–Crippen LogP) is 7.63. The fourth-order valence-electron chi connectivity index (χ4n) is 5.75. The fourth-order valence-corrected chi connectivity index (χ4v) is 5.75. The predicted molar refractivity (Wildman–Crippen MR) is 136 cm³/mol.